The number of hydrogen-bond donors (Lipinski definition) is 0. The molecule has 0 rings (SSSR count). The Bertz CT molecular complexity index is 223. The Hall–Kier alpha value is -0.420. The zero-order valence-corrected chi connectivity index (χ0v) is 7.81. The summed E-state index contributed by atoms with van der Waals surface area (Å²) in [6.45, 7) is 5.15. The van der Waals surface area contributed by atoms with Crippen molar-refractivity contribution in [2.45, 2.75) is 19.4 Å². The Kier molecular flexibility index (Phi) is 5.08. The summed E-state index contributed by atoms with van der Waals surface area (Å²) in [5.74, 6) is -0.575. The number of ether oxygens (including phenoxy) is 1. The van der Waals surface area contributed by atoms with Crippen LogP contribution in [-0.2, 0) is 15.0 Å². The van der Waals surface area contributed by atoms with Crippen molar-refractivity contribution < 1.29 is 17.0 Å². The van der Waals surface area contributed by atoms with Crippen molar-refractivity contribution in [3.05, 3.63) is 12.7 Å². The second kappa shape index (κ2) is 5.27. The lowest BCUT2D eigenvalue weighted by Gasteiger charge is -2.08. The zero-order chi connectivity index (χ0) is 9.61. The van der Waals surface area contributed by atoms with E-state index in [4.69, 9.17) is 4.74 Å². The smallest absolute Gasteiger partial charge is 0.304 e. The fourth-order valence-electron chi connectivity index (χ4n) is 0.652. The molecule has 12 heavy (non-hydrogen) atoms. The van der Waals surface area contributed by atoms with E-state index < -0.39 is 16.0 Å². The highest BCUT2D eigenvalue weighted by molar-refractivity contribution is 7.86. The lowest BCUT2D eigenvalue weighted by molar-refractivity contribution is 0.0797. The van der Waals surface area contributed by atoms with E-state index >= 15 is 0 Å². The zero-order valence-electron chi connectivity index (χ0n) is 6.99. The average Bonchev–Trinajstić information content (AvgIpc) is 1.84. The van der Waals surface area contributed by atoms with Crippen LogP contribution < -0.4 is 0 Å². The maximum Gasteiger partial charge on any atom is 0.304 e. The molecule has 0 fully saturated rings. The predicted molar refractivity (Wildman–Crippen MR) is 45.1 cm³/mol. The number of halogens is 1. The third-order valence-electron chi connectivity index (χ3n) is 1.23. The molecule has 1 atom stereocenters. The van der Waals surface area contributed by atoms with Crippen LogP contribution in [0.5, 0.6) is 0 Å². The first-order valence-corrected chi connectivity index (χ1v) is 5.16. The van der Waals surface area contributed by atoms with Gasteiger partial charge < -0.3 is 4.74 Å². The van der Waals surface area contributed by atoms with Gasteiger partial charge in [-0.05, 0) is 13.3 Å². The van der Waals surface area contributed by atoms with Gasteiger partial charge >= 0.3 is 10.2 Å². The van der Waals surface area contributed by atoms with Gasteiger partial charge in [-0.25, -0.2) is 0 Å². The molecule has 0 aliphatic carbocycles. The standard InChI is InChI=1S/C7H13FO3S/c1-3-4-7(2)11-5-6-12(8,9)10/h3,7H,1,4-6H2,2H3. The van der Waals surface area contributed by atoms with E-state index in [1.807, 2.05) is 0 Å². The molecule has 0 saturated carbocycles. The van der Waals surface area contributed by atoms with Gasteiger partial charge in [-0.1, -0.05) is 6.08 Å². The summed E-state index contributed by atoms with van der Waals surface area (Å²) in [4.78, 5) is 0. The lowest BCUT2D eigenvalue weighted by atomic mass is 10.3. The number of rotatable bonds is 6. The van der Waals surface area contributed by atoms with Crippen LogP contribution in [0.25, 0.3) is 0 Å². The van der Waals surface area contributed by atoms with Crippen LogP contribution in [0.1, 0.15) is 13.3 Å². The summed E-state index contributed by atoms with van der Waals surface area (Å²) in [5.41, 5.74) is 0. The van der Waals surface area contributed by atoms with Crippen molar-refractivity contribution in [3.63, 3.8) is 0 Å². The predicted octanol–water partition coefficient (Wildman–Crippen LogP) is 1.27. The fraction of sp³-hybridized carbons (Fsp3) is 0.714. The topological polar surface area (TPSA) is 43.4 Å². The van der Waals surface area contributed by atoms with Crippen molar-refractivity contribution in [2.75, 3.05) is 12.4 Å². The van der Waals surface area contributed by atoms with Gasteiger partial charge in [0.25, 0.3) is 0 Å². The van der Waals surface area contributed by atoms with E-state index in [-0.39, 0.29) is 12.7 Å². The molecule has 0 saturated heterocycles. The van der Waals surface area contributed by atoms with Crippen LogP contribution in [0.4, 0.5) is 3.89 Å². The molecular formula is C7H13FO3S. The Morgan fingerprint density at radius 2 is 2.25 bits per heavy atom. The van der Waals surface area contributed by atoms with Crippen molar-refractivity contribution in [3.8, 4) is 0 Å². The Morgan fingerprint density at radius 3 is 2.67 bits per heavy atom. The van der Waals surface area contributed by atoms with Gasteiger partial charge in [-0.15, -0.1) is 10.5 Å². The maximum absolute atomic E-state index is 11.9. The molecule has 0 spiro atoms. The molecular weight excluding hydrogens is 183 g/mol. The van der Waals surface area contributed by atoms with Gasteiger partial charge in [0.05, 0.1) is 12.7 Å². The fourth-order valence-corrected chi connectivity index (χ4v) is 0.947. The second-order valence-electron chi connectivity index (χ2n) is 2.45. The average molecular weight is 196 g/mol. The van der Waals surface area contributed by atoms with Gasteiger partial charge in [0.15, 0.2) is 0 Å². The van der Waals surface area contributed by atoms with Crippen molar-refractivity contribution in [2.24, 2.45) is 0 Å². The Morgan fingerprint density at radius 1 is 1.67 bits per heavy atom. The first kappa shape index (κ1) is 11.6. The third-order valence-corrected chi connectivity index (χ3v) is 1.88. The van der Waals surface area contributed by atoms with Gasteiger partial charge in [0, 0.05) is 0 Å². The number of hydrogen-bond acceptors (Lipinski definition) is 3. The highest BCUT2D eigenvalue weighted by Crippen LogP contribution is 1.99. The third kappa shape index (κ3) is 7.68. The summed E-state index contributed by atoms with van der Waals surface area (Å²) < 4.78 is 36.9. The Labute approximate surface area is 72.4 Å². The van der Waals surface area contributed by atoms with Crippen LogP contribution in [0.15, 0.2) is 12.7 Å². The first-order chi connectivity index (χ1) is 5.45. The van der Waals surface area contributed by atoms with Crippen LogP contribution in [0, 0.1) is 0 Å². The van der Waals surface area contributed by atoms with Crippen molar-refractivity contribution >= 4 is 10.2 Å². The molecule has 3 nitrogen and oxygen atoms in total. The summed E-state index contributed by atoms with van der Waals surface area (Å²) in [7, 11) is -4.39. The summed E-state index contributed by atoms with van der Waals surface area (Å²) >= 11 is 0. The molecule has 0 aromatic rings. The van der Waals surface area contributed by atoms with Crippen molar-refractivity contribution in [1.29, 1.82) is 0 Å². The van der Waals surface area contributed by atoms with E-state index in [9.17, 15) is 12.3 Å². The van der Waals surface area contributed by atoms with E-state index in [0.29, 0.717) is 6.42 Å². The Balaban J connectivity index is 3.50. The second-order valence-corrected chi connectivity index (χ2v) is 3.93. The minimum absolute atomic E-state index is 0.103. The summed E-state index contributed by atoms with van der Waals surface area (Å²) in [6.07, 6.45) is 2.19. The van der Waals surface area contributed by atoms with Crippen LogP contribution in [0.2, 0.25) is 0 Å². The van der Waals surface area contributed by atoms with Gasteiger partial charge in [0.2, 0.25) is 0 Å². The first-order valence-electron chi connectivity index (χ1n) is 3.60. The normalized spacial score (nSPS) is 14.2. The van der Waals surface area contributed by atoms with Gasteiger partial charge in [-0.3, -0.25) is 0 Å². The molecule has 0 amide bonds. The molecule has 0 radical (unpaired) electrons. The molecule has 0 heterocycles. The summed E-state index contributed by atoms with van der Waals surface area (Å²) in [5, 5.41) is 0. The van der Waals surface area contributed by atoms with Gasteiger partial charge in [-0.2, -0.15) is 8.42 Å². The highest BCUT2D eigenvalue weighted by Gasteiger charge is 2.07. The maximum atomic E-state index is 11.9. The molecule has 1 unspecified atom stereocenters. The van der Waals surface area contributed by atoms with E-state index in [2.05, 4.69) is 6.58 Å². The monoisotopic (exact) mass is 196 g/mol. The van der Waals surface area contributed by atoms with Crippen LogP contribution in [0.3, 0.4) is 0 Å². The molecule has 0 aromatic carbocycles. The lowest BCUT2D eigenvalue weighted by Crippen LogP contribution is -2.13. The van der Waals surface area contributed by atoms with E-state index in [1.54, 1.807) is 13.0 Å². The SMILES string of the molecule is C=CCC(C)OCCS(=O)(=O)F. The molecule has 0 aliphatic rings. The van der Waals surface area contributed by atoms with E-state index in [0.717, 1.165) is 0 Å². The molecule has 0 bridgehead atoms. The highest BCUT2D eigenvalue weighted by atomic mass is 32.3. The molecule has 0 N–H and O–H groups in total. The molecule has 0 aromatic heterocycles. The molecule has 72 valence electrons. The minimum Gasteiger partial charge on any atom is -0.377 e. The van der Waals surface area contributed by atoms with E-state index in [1.165, 1.54) is 0 Å². The molecule has 0 aliphatic heterocycles. The quantitative estimate of drug-likeness (QED) is 0.474. The van der Waals surface area contributed by atoms with Crippen LogP contribution >= 0.6 is 0 Å². The summed E-state index contributed by atoms with van der Waals surface area (Å²) in [6, 6.07) is 0. The largest absolute Gasteiger partial charge is 0.377 e. The molecule has 5 heteroatoms. The van der Waals surface area contributed by atoms with Gasteiger partial charge in [0.1, 0.15) is 5.75 Å². The minimum atomic E-state index is -4.39. The van der Waals surface area contributed by atoms with Crippen molar-refractivity contribution in [1.82, 2.24) is 0 Å². The van der Waals surface area contributed by atoms with Crippen LogP contribution in [-0.4, -0.2) is 26.9 Å².